The van der Waals surface area contributed by atoms with Crippen LogP contribution in [0.25, 0.3) is 0 Å². The van der Waals surface area contributed by atoms with Gasteiger partial charge >= 0.3 is 0 Å². The summed E-state index contributed by atoms with van der Waals surface area (Å²) in [6.07, 6.45) is 9.71. The van der Waals surface area contributed by atoms with Gasteiger partial charge in [-0.2, -0.15) is 0 Å². The smallest absolute Gasteiger partial charge is 0.00202 e. The number of benzene rings is 1. The number of aryl methyl sites for hydroxylation is 1. The summed E-state index contributed by atoms with van der Waals surface area (Å²) in [7, 11) is 0. The molecule has 1 saturated heterocycles. The number of hydrogen-bond acceptors (Lipinski definition) is 1. The fourth-order valence-corrected chi connectivity index (χ4v) is 3.95. The SMILES string of the molecule is C=CCc1c(C)cc(C2CCCNC2)c2c1CCC2.CC. The van der Waals surface area contributed by atoms with Crippen LogP contribution in [0, 0.1) is 6.92 Å². The zero-order valence-corrected chi connectivity index (χ0v) is 14.1. The van der Waals surface area contributed by atoms with Crippen molar-refractivity contribution in [2.45, 2.75) is 65.2 Å². The second-order valence-corrected chi connectivity index (χ2v) is 6.11. The Balaban J connectivity index is 0.000000774. The van der Waals surface area contributed by atoms with E-state index >= 15 is 0 Å². The Bertz CT molecular complexity index is 481. The number of piperidine rings is 1. The van der Waals surface area contributed by atoms with E-state index in [1.165, 1.54) is 50.8 Å². The number of hydrogen-bond donors (Lipinski definition) is 1. The van der Waals surface area contributed by atoms with E-state index < -0.39 is 0 Å². The first-order valence-electron chi connectivity index (χ1n) is 8.77. The van der Waals surface area contributed by atoms with Gasteiger partial charge in [0.25, 0.3) is 0 Å². The van der Waals surface area contributed by atoms with E-state index in [0.29, 0.717) is 0 Å². The second-order valence-electron chi connectivity index (χ2n) is 6.11. The van der Waals surface area contributed by atoms with Crippen LogP contribution in [0.4, 0.5) is 0 Å². The van der Waals surface area contributed by atoms with Crippen LogP contribution in [0.5, 0.6) is 0 Å². The molecule has 1 heteroatoms. The van der Waals surface area contributed by atoms with Gasteiger partial charge in [0.05, 0.1) is 0 Å². The molecule has 3 rings (SSSR count). The number of nitrogens with one attached hydrogen (secondary N) is 1. The van der Waals surface area contributed by atoms with Crippen molar-refractivity contribution in [3.8, 4) is 0 Å². The first kappa shape index (κ1) is 16.3. The monoisotopic (exact) mass is 285 g/mol. The molecule has 0 amide bonds. The first-order valence-corrected chi connectivity index (χ1v) is 8.77. The molecule has 2 aliphatic rings. The van der Waals surface area contributed by atoms with E-state index in [9.17, 15) is 0 Å². The highest BCUT2D eigenvalue weighted by Crippen LogP contribution is 2.37. The molecule has 116 valence electrons. The van der Waals surface area contributed by atoms with E-state index in [1.807, 2.05) is 13.8 Å². The predicted molar refractivity (Wildman–Crippen MR) is 93.3 cm³/mol. The van der Waals surface area contributed by atoms with Gasteiger partial charge in [-0.05, 0) is 85.7 Å². The fraction of sp³-hybridized carbons (Fsp3) is 0.600. The van der Waals surface area contributed by atoms with Crippen LogP contribution >= 0.6 is 0 Å². The van der Waals surface area contributed by atoms with Crippen molar-refractivity contribution in [1.82, 2.24) is 5.32 Å². The zero-order chi connectivity index (χ0) is 15.2. The van der Waals surface area contributed by atoms with Crippen LogP contribution in [-0.4, -0.2) is 13.1 Å². The van der Waals surface area contributed by atoms with Crippen LogP contribution < -0.4 is 5.32 Å². The van der Waals surface area contributed by atoms with E-state index in [4.69, 9.17) is 0 Å². The van der Waals surface area contributed by atoms with Crippen molar-refractivity contribution in [2.75, 3.05) is 13.1 Å². The van der Waals surface area contributed by atoms with Gasteiger partial charge in [-0.15, -0.1) is 6.58 Å². The van der Waals surface area contributed by atoms with Crippen molar-refractivity contribution in [3.05, 3.63) is 46.5 Å². The lowest BCUT2D eigenvalue weighted by molar-refractivity contribution is 0.459. The van der Waals surface area contributed by atoms with Crippen molar-refractivity contribution < 1.29 is 0 Å². The summed E-state index contributed by atoms with van der Waals surface area (Å²) in [5.74, 6) is 0.747. The Labute approximate surface area is 130 Å². The second kappa shape index (κ2) is 7.79. The first-order chi connectivity index (χ1) is 10.3. The molecular weight excluding hydrogens is 254 g/mol. The summed E-state index contributed by atoms with van der Waals surface area (Å²) in [6.45, 7) is 12.6. The lowest BCUT2D eigenvalue weighted by atomic mass is 9.83. The van der Waals surface area contributed by atoms with Gasteiger partial charge in [0.15, 0.2) is 0 Å². The minimum atomic E-state index is 0.747. The summed E-state index contributed by atoms with van der Waals surface area (Å²) in [5, 5.41) is 3.57. The molecule has 1 unspecified atom stereocenters. The molecule has 1 fully saturated rings. The molecule has 1 N–H and O–H groups in total. The largest absolute Gasteiger partial charge is 0.316 e. The van der Waals surface area contributed by atoms with Crippen LogP contribution in [0.15, 0.2) is 18.7 Å². The molecule has 0 radical (unpaired) electrons. The minimum Gasteiger partial charge on any atom is -0.316 e. The van der Waals surface area contributed by atoms with Crippen molar-refractivity contribution >= 4 is 0 Å². The van der Waals surface area contributed by atoms with E-state index in [1.54, 1.807) is 22.3 Å². The number of fused-ring (bicyclic) bond motifs is 1. The lowest BCUT2D eigenvalue weighted by Gasteiger charge is -2.27. The highest BCUT2D eigenvalue weighted by molar-refractivity contribution is 5.50. The number of allylic oxidation sites excluding steroid dienone is 1. The van der Waals surface area contributed by atoms with Gasteiger partial charge in [0.1, 0.15) is 0 Å². The summed E-state index contributed by atoms with van der Waals surface area (Å²) >= 11 is 0. The topological polar surface area (TPSA) is 12.0 Å². The molecule has 1 aromatic carbocycles. The zero-order valence-electron chi connectivity index (χ0n) is 14.1. The van der Waals surface area contributed by atoms with E-state index in [2.05, 4.69) is 31.0 Å². The van der Waals surface area contributed by atoms with Crippen molar-refractivity contribution in [1.29, 1.82) is 0 Å². The van der Waals surface area contributed by atoms with Gasteiger partial charge < -0.3 is 5.32 Å². The maximum Gasteiger partial charge on any atom is 0.00202 e. The standard InChI is InChI=1S/C18H25N.C2H6/c1-3-6-15-13(2)11-18(14-7-5-10-19-12-14)17-9-4-8-16(15)17;1-2/h3,11,14,19H,1,4-10,12H2,2H3;1-2H3. The molecule has 1 aliphatic carbocycles. The molecule has 21 heavy (non-hydrogen) atoms. The third-order valence-corrected chi connectivity index (χ3v) is 4.86. The number of rotatable bonds is 3. The average molecular weight is 285 g/mol. The van der Waals surface area contributed by atoms with Crippen molar-refractivity contribution in [2.24, 2.45) is 0 Å². The molecule has 0 spiro atoms. The van der Waals surface area contributed by atoms with Crippen LogP contribution in [0.1, 0.15) is 66.8 Å². The van der Waals surface area contributed by atoms with Gasteiger partial charge in [-0.25, -0.2) is 0 Å². The minimum absolute atomic E-state index is 0.747. The molecule has 1 aromatic rings. The van der Waals surface area contributed by atoms with Gasteiger partial charge in [-0.3, -0.25) is 0 Å². The maximum atomic E-state index is 3.92. The lowest BCUT2D eigenvalue weighted by Crippen LogP contribution is -2.29. The molecule has 0 bridgehead atoms. The maximum absolute atomic E-state index is 3.92. The Morgan fingerprint density at radius 3 is 2.67 bits per heavy atom. The highest BCUT2D eigenvalue weighted by Gasteiger charge is 2.25. The molecular formula is C20H31N. The molecule has 1 aliphatic heterocycles. The van der Waals surface area contributed by atoms with Crippen LogP contribution in [-0.2, 0) is 19.3 Å². The van der Waals surface area contributed by atoms with E-state index in [-0.39, 0.29) is 0 Å². The third-order valence-electron chi connectivity index (χ3n) is 4.86. The average Bonchev–Trinajstić information content (AvgIpc) is 3.02. The Kier molecular flexibility index (Phi) is 6.05. The van der Waals surface area contributed by atoms with Crippen LogP contribution in [0.2, 0.25) is 0 Å². The molecule has 1 nitrogen and oxygen atoms in total. The normalized spacial score (nSPS) is 20.4. The molecule has 1 heterocycles. The van der Waals surface area contributed by atoms with Gasteiger partial charge in [0.2, 0.25) is 0 Å². The summed E-state index contributed by atoms with van der Waals surface area (Å²) in [6, 6.07) is 2.49. The van der Waals surface area contributed by atoms with E-state index in [0.717, 1.165) is 12.3 Å². The quantitative estimate of drug-likeness (QED) is 0.793. The molecule has 1 atom stereocenters. The van der Waals surface area contributed by atoms with Gasteiger partial charge in [0, 0.05) is 6.54 Å². The Hall–Kier alpha value is -1.08. The summed E-state index contributed by atoms with van der Waals surface area (Å²) in [5.41, 5.74) is 8.07. The summed E-state index contributed by atoms with van der Waals surface area (Å²) in [4.78, 5) is 0. The Morgan fingerprint density at radius 1 is 1.24 bits per heavy atom. The Morgan fingerprint density at radius 2 is 2.00 bits per heavy atom. The third kappa shape index (κ3) is 3.40. The van der Waals surface area contributed by atoms with Crippen molar-refractivity contribution in [3.63, 3.8) is 0 Å². The molecule has 0 saturated carbocycles. The highest BCUT2D eigenvalue weighted by atomic mass is 14.9. The predicted octanol–water partition coefficient (Wildman–Crippen LogP) is 4.71. The molecule has 0 aromatic heterocycles. The summed E-state index contributed by atoms with van der Waals surface area (Å²) < 4.78 is 0. The fourth-order valence-electron chi connectivity index (χ4n) is 3.95. The van der Waals surface area contributed by atoms with Crippen LogP contribution in [0.3, 0.4) is 0 Å². The van der Waals surface area contributed by atoms with Gasteiger partial charge in [-0.1, -0.05) is 26.0 Å².